The molecule has 0 saturated heterocycles. The molecule has 0 radical (unpaired) electrons. The van der Waals surface area contributed by atoms with Gasteiger partial charge >= 0.3 is 0 Å². The molecule has 15 heavy (non-hydrogen) atoms. The van der Waals surface area contributed by atoms with Gasteiger partial charge in [0.15, 0.2) is 0 Å². The van der Waals surface area contributed by atoms with E-state index in [9.17, 15) is 4.79 Å². The Morgan fingerprint density at radius 2 is 1.93 bits per heavy atom. The lowest BCUT2D eigenvalue weighted by atomic mass is 9.87. The maximum absolute atomic E-state index is 11.9. The van der Waals surface area contributed by atoms with Gasteiger partial charge in [-0.25, -0.2) is 0 Å². The number of thioether (sulfide) groups is 1. The van der Waals surface area contributed by atoms with Crippen LogP contribution >= 0.6 is 11.8 Å². The van der Waals surface area contributed by atoms with Crippen LogP contribution in [0.2, 0.25) is 0 Å². The van der Waals surface area contributed by atoms with Gasteiger partial charge in [0.2, 0.25) is 0 Å². The van der Waals surface area contributed by atoms with E-state index in [1.54, 1.807) is 18.9 Å². The largest absolute Gasteiger partial charge is 0.380 e. The average molecular weight is 232 g/mol. The minimum Gasteiger partial charge on any atom is -0.380 e. The van der Waals surface area contributed by atoms with E-state index >= 15 is 0 Å². The van der Waals surface area contributed by atoms with Gasteiger partial charge in [-0.2, -0.15) is 11.8 Å². The monoisotopic (exact) mass is 232 g/mol. The van der Waals surface area contributed by atoms with Crippen molar-refractivity contribution >= 4 is 17.5 Å². The van der Waals surface area contributed by atoms with Gasteiger partial charge in [0.05, 0.1) is 6.10 Å². The number of hydrogen-bond acceptors (Lipinski definition) is 3. The van der Waals surface area contributed by atoms with Crippen molar-refractivity contribution in [1.82, 2.24) is 0 Å². The molecule has 0 aromatic carbocycles. The van der Waals surface area contributed by atoms with Gasteiger partial charge in [-0.15, -0.1) is 0 Å². The summed E-state index contributed by atoms with van der Waals surface area (Å²) in [5.41, 5.74) is -0.256. The Labute approximate surface area is 98.2 Å². The van der Waals surface area contributed by atoms with Gasteiger partial charge in [-0.3, -0.25) is 4.79 Å². The predicted molar refractivity (Wildman–Crippen MR) is 67.5 cm³/mol. The van der Waals surface area contributed by atoms with Crippen LogP contribution in [0.1, 0.15) is 40.5 Å². The summed E-state index contributed by atoms with van der Waals surface area (Å²) in [6.45, 7) is 8.01. The third-order valence-corrected chi connectivity index (χ3v) is 3.89. The second-order valence-corrected chi connectivity index (χ2v) is 5.91. The standard InChI is InChI=1S/C12H24O2S/c1-7-10(15-6)9(14-5)8-11(13)12(2,3)4/h9-10H,7-8H2,1-6H3/t9-,10-/m0/s1. The molecule has 0 aromatic heterocycles. The summed E-state index contributed by atoms with van der Waals surface area (Å²) in [5.74, 6) is 0.279. The number of methoxy groups -OCH3 is 1. The van der Waals surface area contributed by atoms with Crippen LogP contribution in [0.3, 0.4) is 0 Å². The molecule has 3 heteroatoms. The highest BCUT2D eigenvalue weighted by Gasteiger charge is 2.28. The highest BCUT2D eigenvalue weighted by Crippen LogP contribution is 2.24. The summed E-state index contributed by atoms with van der Waals surface area (Å²) in [6.07, 6.45) is 3.69. The summed E-state index contributed by atoms with van der Waals surface area (Å²) in [7, 11) is 1.69. The van der Waals surface area contributed by atoms with E-state index in [-0.39, 0.29) is 17.3 Å². The third kappa shape index (κ3) is 5.03. The van der Waals surface area contributed by atoms with Crippen LogP contribution in [0, 0.1) is 5.41 Å². The van der Waals surface area contributed by atoms with Crippen LogP contribution in [-0.2, 0) is 9.53 Å². The predicted octanol–water partition coefficient (Wildman–Crippen LogP) is 3.15. The molecule has 0 spiro atoms. The van der Waals surface area contributed by atoms with Gasteiger partial charge in [-0.05, 0) is 12.7 Å². The first-order valence-corrected chi connectivity index (χ1v) is 6.74. The van der Waals surface area contributed by atoms with Gasteiger partial charge in [0.25, 0.3) is 0 Å². The highest BCUT2D eigenvalue weighted by atomic mass is 32.2. The van der Waals surface area contributed by atoms with Crippen molar-refractivity contribution in [3.8, 4) is 0 Å². The van der Waals surface area contributed by atoms with Gasteiger partial charge < -0.3 is 4.74 Å². The molecule has 0 fully saturated rings. The van der Waals surface area contributed by atoms with Crippen LogP contribution in [-0.4, -0.2) is 30.5 Å². The Kier molecular flexibility index (Phi) is 6.53. The molecule has 90 valence electrons. The summed E-state index contributed by atoms with van der Waals surface area (Å²) in [6, 6.07) is 0. The second-order valence-electron chi connectivity index (χ2n) is 4.83. The lowest BCUT2D eigenvalue weighted by molar-refractivity contribution is -0.128. The Hall–Kier alpha value is -0.0200. The van der Waals surface area contributed by atoms with Crippen LogP contribution in [0.15, 0.2) is 0 Å². The number of ether oxygens (including phenoxy) is 1. The molecule has 0 heterocycles. The van der Waals surface area contributed by atoms with Gasteiger partial charge in [0.1, 0.15) is 5.78 Å². The Morgan fingerprint density at radius 1 is 1.40 bits per heavy atom. The van der Waals surface area contributed by atoms with E-state index in [4.69, 9.17) is 4.74 Å². The first-order valence-electron chi connectivity index (χ1n) is 5.45. The molecule has 2 atom stereocenters. The Morgan fingerprint density at radius 3 is 2.20 bits per heavy atom. The van der Waals surface area contributed by atoms with Crippen LogP contribution in [0.5, 0.6) is 0 Å². The lowest BCUT2D eigenvalue weighted by Crippen LogP contribution is -2.32. The maximum atomic E-state index is 11.9. The molecule has 0 N–H and O–H groups in total. The van der Waals surface area contributed by atoms with Crippen molar-refractivity contribution in [2.24, 2.45) is 5.41 Å². The topological polar surface area (TPSA) is 26.3 Å². The van der Waals surface area contributed by atoms with Crippen LogP contribution < -0.4 is 0 Å². The molecule has 2 nitrogen and oxygen atoms in total. The quantitative estimate of drug-likeness (QED) is 0.703. The first-order chi connectivity index (χ1) is 6.86. The van der Waals surface area contributed by atoms with Crippen molar-refractivity contribution in [3.63, 3.8) is 0 Å². The molecule has 0 aliphatic carbocycles. The van der Waals surface area contributed by atoms with Crippen molar-refractivity contribution in [1.29, 1.82) is 0 Å². The zero-order chi connectivity index (χ0) is 12.1. The fourth-order valence-electron chi connectivity index (χ4n) is 1.44. The van der Waals surface area contributed by atoms with E-state index in [1.807, 2.05) is 20.8 Å². The summed E-state index contributed by atoms with van der Waals surface area (Å²) in [4.78, 5) is 11.9. The number of rotatable bonds is 6. The summed E-state index contributed by atoms with van der Waals surface area (Å²) < 4.78 is 5.42. The Bertz CT molecular complexity index is 192. The van der Waals surface area contributed by atoms with Crippen molar-refractivity contribution < 1.29 is 9.53 Å². The minimum atomic E-state index is -0.256. The van der Waals surface area contributed by atoms with E-state index < -0.39 is 0 Å². The zero-order valence-electron chi connectivity index (χ0n) is 10.8. The van der Waals surface area contributed by atoms with Gasteiger partial charge in [0, 0.05) is 24.2 Å². The molecular formula is C12H24O2S. The van der Waals surface area contributed by atoms with E-state index in [0.717, 1.165) is 6.42 Å². The van der Waals surface area contributed by atoms with Crippen LogP contribution in [0.25, 0.3) is 0 Å². The first kappa shape index (κ1) is 15.0. The van der Waals surface area contributed by atoms with E-state index in [0.29, 0.717) is 11.7 Å². The number of carbonyl (C=O) groups excluding carboxylic acids is 1. The highest BCUT2D eigenvalue weighted by molar-refractivity contribution is 7.99. The van der Waals surface area contributed by atoms with Gasteiger partial charge in [-0.1, -0.05) is 27.7 Å². The molecule has 0 aliphatic heterocycles. The number of hydrogen-bond donors (Lipinski definition) is 0. The van der Waals surface area contributed by atoms with Crippen molar-refractivity contribution in [3.05, 3.63) is 0 Å². The normalized spacial score (nSPS) is 16.1. The molecule has 0 aliphatic rings. The van der Waals surface area contributed by atoms with Crippen molar-refractivity contribution in [2.75, 3.05) is 13.4 Å². The van der Waals surface area contributed by atoms with Crippen molar-refractivity contribution in [2.45, 2.75) is 51.9 Å². The molecule has 0 bridgehead atoms. The lowest BCUT2D eigenvalue weighted by Gasteiger charge is -2.26. The number of carbonyl (C=O) groups is 1. The smallest absolute Gasteiger partial charge is 0.140 e. The maximum Gasteiger partial charge on any atom is 0.140 e. The fourth-order valence-corrected chi connectivity index (χ4v) is 2.28. The summed E-state index contributed by atoms with van der Waals surface area (Å²) in [5, 5.41) is 0.418. The average Bonchev–Trinajstić information content (AvgIpc) is 2.16. The number of Topliss-reactive ketones (excluding diaryl/α,β-unsaturated/α-hetero) is 1. The number of ketones is 1. The molecule has 0 unspecified atom stereocenters. The molecule has 0 aromatic rings. The molecule has 0 rings (SSSR count). The van der Waals surface area contributed by atoms with Crippen LogP contribution in [0.4, 0.5) is 0 Å². The molecular weight excluding hydrogens is 208 g/mol. The molecule has 0 saturated carbocycles. The minimum absolute atomic E-state index is 0.0525. The fraction of sp³-hybridized carbons (Fsp3) is 0.917. The SMILES string of the molecule is CC[C@H](SC)[C@H](CC(=O)C(C)(C)C)OC. The zero-order valence-corrected chi connectivity index (χ0v) is 11.6. The van der Waals surface area contributed by atoms with E-state index in [2.05, 4.69) is 13.2 Å². The van der Waals surface area contributed by atoms with E-state index in [1.165, 1.54) is 0 Å². The molecule has 0 amide bonds. The summed E-state index contributed by atoms with van der Waals surface area (Å²) >= 11 is 1.78. The second kappa shape index (κ2) is 6.54. The third-order valence-electron chi connectivity index (χ3n) is 2.65. The Balaban J connectivity index is 4.39.